The topological polar surface area (TPSA) is 21.3 Å². The summed E-state index contributed by atoms with van der Waals surface area (Å²) in [4.78, 5) is 0. The number of benzene rings is 2. The average molecular weight is 402 g/mol. The molecule has 2 aromatic rings. The number of hydrogen-bond donors (Lipinski definition) is 1. The summed E-state index contributed by atoms with van der Waals surface area (Å²) in [5, 5.41) is 4.13. The minimum atomic E-state index is 0.205. The zero-order valence-corrected chi connectivity index (χ0v) is 14.4. The predicted octanol–water partition coefficient (Wildman–Crippen LogP) is 4.46. The first kappa shape index (κ1) is 15.6. The number of rotatable bonds is 5. The van der Waals surface area contributed by atoms with E-state index in [4.69, 9.17) is 16.3 Å². The highest BCUT2D eigenvalue weighted by atomic mass is 127. The van der Waals surface area contributed by atoms with Gasteiger partial charge < -0.3 is 10.1 Å². The van der Waals surface area contributed by atoms with Crippen molar-refractivity contribution >= 4 is 34.2 Å². The first-order valence-electron chi connectivity index (χ1n) is 6.39. The maximum Gasteiger partial charge on any atom is 0.122 e. The van der Waals surface area contributed by atoms with Crippen LogP contribution in [0, 0.1) is 3.57 Å². The van der Waals surface area contributed by atoms with E-state index in [1.165, 1.54) is 14.7 Å². The maximum absolute atomic E-state index is 6.12. The molecule has 0 fully saturated rings. The normalized spacial score (nSPS) is 12.2. The van der Waals surface area contributed by atoms with Gasteiger partial charge in [0.25, 0.3) is 0 Å². The quantitative estimate of drug-likeness (QED) is 0.747. The molecule has 0 saturated carbocycles. The van der Waals surface area contributed by atoms with Crippen molar-refractivity contribution in [3.63, 3.8) is 0 Å². The minimum Gasteiger partial charge on any atom is -0.496 e. The number of hydrogen-bond acceptors (Lipinski definition) is 2. The molecule has 1 atom stereocenters. The smallest absolute Gasteiger partial charge is 0.122 e. The molecule has 4 heteroatoms. The van der Waals surface area contributed by atoms with Crippen LogP contribution in [0.4, 0.5) is 0 Å². The fraction of sp³-hybridized carbons (Fsp3) is 0.250. The molecule has 0 aliphatic carbocycles. The van der Waals surface area contributed by atoms with Crippen molar-refractivity contribution in [1.82, 2.24) is 5.32 Å². The third-order valence-corrected chi connectivity index (χ3v) is 4.52. The Labute approximate surface area is 138 Å². The lowest BCUT2D eigenvalue weighted by Crippen LogP contribution is -2.20. The molecule has 106 valence electrons. The largest absolute Gasteiger partial charge is 0.496 e. The van der Waals surface area contributed by atoms with E-state index in [-0.39, 0.29) is 6.04 Å². The van der Waals surface area contributed by atoms with Crippen LogP contribution in [0.2, 0.25) is 5.02 Å². The Morgan fingerprint density at radius 3 is 2.70 bits per heavy atom. The van der Waals surface area contributed by atoms with Crippen molar-refractivity contribution < 1.29 is 4.74 Å². The molecular formula is C16H17ClINO. The van der Waals surface area contributed by atoms with Gasteiger partial charge in [0.2, 0.25) is 0 Å². The Morgan fingerprint density at radius 1 is 1.25 bits per heavy atom. The number of para-hydroxylation sites is 1. The van der Waals surface area contributed by atoms with Gasteiger partial charge >= 0.3 is 0 Å². The summed E-state index contributed by atoms with van der Waals surface area (Å²) < 4.78 is 6.63. The zero-order chi connectivity index (χ0) is 14.5. The Kier molecular flexibility index (Phi) is 5.69. The van der Waals surface area contributed by atoms with Crippen LogP contribution in [0.15, 0.2) is 42.5 Å². The van der Waals surface area contributed by atoms with E-state index in [2.05, 4.69) is 34.0 Å². The van der Waals surface area contributed by atoms with Crippen molar-refractivity contribution in [2.75, 3.05) is 14.2 Å². The van der Waals surface area contributed by atoms with Gasteiger partial charge in [-0.1, -0.05) is 29.8 Å². The minimum absolute atomic E-state index is 0.205. The summed E-state index contributed by atoms with van der Waals surface area (Å²) in [7, 11) is 3.67. The third-order valence-electron chi connectivity index (χ3n) is 3.30. The van der Waals surface area contributed by atoms with Gasteiger partial charge in [-0.2, -0.15) is 0 Å². The Morgan fingerprint density at radius 2 is 2.00 bits per heavy atom. The number of nitrogens with one attached hydrogen (secondary N) is 1. The van der Waals surface area contributed by atoms with Crippen LogP contribution in [-0.4, -0.2) is 14.2 Å². The summed E-state index contributed by atoms with van der Waals surface area (Å²) in [6.45, 7) is 0. The molecule has 0 bridgehead atoms. The number of methoxy groups -OCH3 is 1. The lowest BCUT2D eigenvalue weighted by Gasteiger charge is -2.20. The first-order chi connectivity index (χ1) is 9.65. The summed E-state index contributed by atoms with van der Waals surface area (Å²) in [5.74, 6) is 0.921. The van der Waals surface area contributed by atoms with E-state index in [0.29, 0.717) is 0 Å². The van der Waals surface area contributed by atoms with Crippen molar-refractivity contribution in [2.45, 2.75) is 12.5 Å². The third kappa shape index (κ3) is 3.65. The lowest BCUT2D eigenvalue weighted by atomic mass is 9.98. The van der Waals surface area contributed by atoms with Crippen LogP contribution in [0.3, 0.4) is 0 Å². The summed E-state index contributed by atoms with van der Waals surface area (Å²) in [6.07, 6.45) is 0.858. The van der Waals surface area contributed by atoms with Crippen LogP contribution >= 0.6 is 34.2 Å². The molecule has 0 aliphatic rings. The molecule has 2 nitrogen and oxygen atoms in total. The second-order valence-corrected chi connectivity index (χ2v) is 6.12. The van der Waals surface area contributed by atoms with Gasteiger partial charge in [-0.05, 0) is 71.5 Å². The molecule has 2 rings (SSSR count). The van der Waals surface area contributed by atoms with Crippen LogP contribution in [0.5, 0.6) is 5.75 Å². The van der Waals surface area contributed by atoms with E-state index in [9.17, 15) is 0 Å². The summed E-state index contributed by atoms with van der Waals surface area (Å²) >= 11 is 8.47. The molecule has 2 aromatic carbocycles. The molecule has 1 unspecified atom stereocenters. The second-order valence-electron chi connectivity index (χ2n) is 4.52. The Bertz CT molecular complexity index is 588. The van der Waals surface area contributed by atoms with E-state index in [1.54, 1.807) is 7.11 Å². The van der Waals surface area contributed by atoms with Crippen LogP contribution in [0.1, 0.15) is 17.2 Å². The van der Waals surface area contributed by atoms with Gasteiger partial charge in [0.05, 0.1) is 7.11 Å². The Balaban J connectivity index is 2.31. The molecule has 0 spiro atoms. The predicted molar refractivity (Wildman–Crippen MR) is 92.7 cm³/mol. The highest BCUT2D eigenvalue weighted by Crippen LogP contribution is 2.29. The van der Waals surface area contributed by atoms with Gasteiger partial charge in [-0.25, -0.2) is 0 Å². The lowest BCUT2D eigenvalue weighted by molar-refractivity contribution is 0.406. The second kappa shape index (κ2) is 7.29. The fourth-order valence-electron chi connectivity index (χ4n) is 2.24. The summed E-state index contributed by atoms with van der Waals surface area (Å²) in [6, 6.07) is 14.3. The van der Waals surface area contributed by atoms with Gasteiger partial charge in [0, 0.05) is 14.6 Å². The SMILES string of the molecule is CNC(Cc1ccccc1OC)c1cc(Cl)ccc1I. The van der Waals surface area contributed by atoms with Gasteiger partial charge in [0.1, 0.15) is 5.75 Å². The van der Waals surface area contributed by atoms with Crippen LogP contribution in [0.25, 0.3) is 0 Å². The average Bonchev–Trinajstić information content (AvgIpc) is 2.48. The molecule has 0 aliphatic heterocycles. The number of halogens is 2. The highest BCUT2D eigenvalue weighted by Gasteiger charge is 2.15. The van der Waals surface area contributed by atoms with E-state index in [1.807, 2.05) is 43.4 Å². The molecule has 0 radical (unpaired) electrons. The monoisotopic (exact) mass is 401 g/mol. The molecule has 0 heterocycles. The molecule has 0 saturated heterocycles. The maximum atomic E-state index is 6.12. The summed E-state index contributed by atoms with van der Waals surface area (Å²) in [5.41, 5.74) is 2.40. The van der Waals surface area contributed by atoms with Crippen molar-refractivity contribution in [3.05, 3.63) is 62.2 Å². The molecule has 20 heavy (non-hydrogen) atoms. The number of likely N-dealkylation sites (N-methyl/N-ethyl adjacent to an activating group) is 1. The van der Waals surface area contributed by atoms with Crippen molar-refractivity contribution in [2.24, 2.45) is 0 Å². The van der Waals surface area contributed by atoms with E-state index in [0.717, 1.165) is 17.2 Å². The van der Waals surface area contributed by atoms with Gasteiger partial charge in [-0.3, -0.25) is 0 Å². The number of ether oxygens (including phenoxy) is 1. The van der Waals surface area contributed by atoms with E-state index < -0.39 is 0 Å². The highest BCUT2D eigenvalue weighted by molar-refractivity contribution is 14.1. The van der Waals surface area contributed by atoms with Gasteiger partial charge in [0.15, 0.2) is 0 Å². The van der Waals surface area contributed by atoms with E-state index >= 15 is 0 Å². The fourth-order valence-corrected chi connectivity index (χ4v) is 3.13. The van der Waals surface area contributed by atoms with Gasteiger partial charge in [-0.15, -0.1) is 0 Å². The van der Waals surface area contributed by atoms with Crippen LogP contribution in [-0.2, 0) is 6.42 Å². The molecule has 0 aromatic heterocycles. The van der Waals surface area contributed by atoms with Crippen LogP contribution < -0.4 is 10.1 Å². The van der Waals surface area contributed by atoms with Crippen molar-refractivity contribution in [1.29, 1.82) is 0 Å². The first-order valence-corrected chi connectivity index (χ1v) is 7.85. The van der Waals surface area contributed by atoms with Crippen molar-refractivity contribution in [3.8, 4) is 5.75 Å². The zero-order valence-electron chi connectivity index (χ0n) is 11.5. The molecule has 1 N–H and O–H groups in total. The standard InChI is InChI=1S/C16H17ClINO/c1-19-15(13-10-12(17)7-8-14(13)18)9-11-5-3-4-6-16(11)20-2/h3-8,10,15,19H,9H2,1-2H3. The molecular weight excluding hydrogens is 385 g/mol. The molecule has 0 amide bonds. The Hall–Kier alpha value is -0.780.